The molecule has 0 aliphatic heterocycles. The molecule has 0 unspecified atom stereocenters. The zero-order chi connectivity index (χ0) is 14.8. The zero-order valence-corrected chi connectivity index (χ0v) is 12.0. The Labute approximate surface area is 127 Å². The fraction of sp³-hybridized carbons (Fsp3) is 0.0625. The van der Waals surface area contributed by atoms with Gasteiger partial charge in [0.2, 0.25) is 0 Å². The third-order valence-corrected chi connectivity index (χ3v) is 3.39. The molecular formula is C16H11ClN4. The zero-order valence-electron chi connectivity index (χ0n) is 11.3. The lowest BCUT2D eigenvalue weighted by Crippen LogP contribution is -1.99. The second kappa shape index (κ2) is 5.39. The highest BCUT2D eigenvalue weighted by Gasteiger charge is 2.16. The third-order valence-electron chi connectivity index (χ3n) is 3.14. The van der Waals surface area contributed by atoms with Crippen molar-refractivity contribution in [2.75, 3.05) is 0 Å². The summed E-state index contributed by atoms with van der Waals surface area (Å²) < 4.78 is 1.66. The summed E-state index contributed by atoms with van der Waals surface area (Å²) in [4.78, 5) is 0. The molecule has 0 fully saturated rings. The van der Waals surface area contributed by atoms with Crippen molar-refractivity contribution in [3.05, 3.63) is 64.8 Å². The van der Waals surface area contributed by atoms with Crippen molar-refractivity contribution in [3.8, 4) is 23.0 Å². The van der Waals surface area contributed by atoms with Crippen LogP contribution in [-0.2, 0) is 0 Å². The molecule has 1 heterocycles. The summed E-state index contributed by atoms with van der Waals surface area (Å²) in [5.41, 5.74) is 3.82. The van der Waals surface area contributed by atoms with Crippen LogP contribution in [0.3, 0.4) is 0 Å². The first-order valence-corrected chi connectivity index (χ1v) is 6.75. The number of halogens is 1. The first kappa shape index (κ1) is 13.3. The Balaban J connectivity index is 2.22. The monoisotopic (exact) mass is 294 g/mol. The van der Waals surface area contributed by atoms with Crippen molar-refractivity contribution in [2.45, 2.75) is 6.92 Å². The molecule has 0 aliphatic carbocycles. The maximum Gasteiger partial charge on any atom is 0.191 e. The molecule has 0 bridgehead atoms. The highest BCUT2D eigenvalue weighted by molar-refractivity contribution is 6.30. The predicted octanol–water partition coefficient (Wildman–Crippen LogP) is 3.77. The number of hydrogen-bond donors (Lipinski definition) is 0. The van der Waals surface area contributed by atoms with E-state index in [1.807, 2.05) is 43.3 Å². The molecule has 2 aromatic carbocycles. The van der Waals surface area contributed by atoms with Crippen LogP contribution >= 0.6 is 11.6 Å². The highest BCUT2D eigenvalue weighted by atomic mass is 35.5. The van der Waals surface area contributed by atoms with E-state index in [0.717, 1.165) is 16.8 Å². The van der Waals surface area contributed by atoms with Crippen LogP contribution in [0.4, 0.5) is 0 Å². The summed E-state index contributed by atoms with van der Waals surface area (Å²) in [5, 5.41) is 18.0. The number of nitriles is 1. The SMILES string of the molecule is Cc1cccc(-c2c(C#N)nnn2-c2ccc(Cl)cc2)c1. The van der Waals surface area contributed by atoms with Crippen molar-refractivity contribution in [2.24, 2.45) is 0 Å². The van der Waals surface area contributed by atoms with Crippen molar-refractivity contribution in [1.29, 1.82) is 5.26 Å². The van der Waals surface area contributed by atoms with Gasteiger partial charge in [-0.1, -0.05) is 40.6 Å². The largest absolute Gasteiger partial charge is 0.211 e. The molecule has 0 saturated carbocycles. The molecule has 3 rings (SSSR count). The van der Waals surface area contributed by atoms with Crippen LogP contribution in [0.1, 0.15) is 11.3 Å². The minimum absolute atomic E-state index is 0.301. The van der Waals surface area contributed by atoms with Gasteiger partial charge in [-0.2, -0.15) is 5.26 Å². The highest BCUT2D eigenvalue weighted by Crippen LogP contribution is 2.26. The molecule has 0 amide bonds. The van der Waals surface area contributed by atoms with Crippen LogP contribution in [0, 0.1) is 18.3 Å². The Bertz CT molecular complexity index is 828. The Hall–Kier alpha value is -2.64. The van der Waals surface area contributed by atoms with Gasteiger partial charge in [-0.15, -0.1) is 5.10 Å². The van der Waals surface area contributed by atoms with Crippen LogP contribution in [0.5, 0.6) is 0 Å². The summed E-state index contributed by atoms with van der Waals surface area (Å²) in [5.74, 6) is 0. The fourth-order valence-electron chi connectivity index (χ4n) is 2.17. The van der Waals surface area contributed by atoms with E-state index < -0.39 is 0 Å². The average Bonchev–Trinajstić information content (AvgIpc) is 2.92. The number of aromatic nitrogens is 3. The van der Waals surface area contributed by atoms with Gasteiger partial charge < -0.3 is 0 Å². The molecule has 3 aromatic rings. The molecular weight excluding hydrogens is 284 g/mol. The quantitative estimate of drug-likeness (QED) is 0.723. The van der Waals surface area contributed by atoms with Gasteiger partial charge >= 0.3 is 0 Å². The maximum absolute atomic E-state index is 9.27. The van der Waals surface area contributed by atoms with E-state index in [0.29, 0.717) is 16.4 Å². The molecule has 0 N–H and O–H groups in total. The van der Waals surface area contributed by atoms with Crippen LogP contribution in [0.2, 0.25) is 5.02 Å². The third kappa shape index (κ3) is 2.51. The van der Waals surface area contributed by atoms with Gasteiger partial charge in [-0.05, 0) is 37.3 Å². The number of nitrogens with zero attached hydrogens (tertiary/aromatic N) is 4. The fourth-order valence-corrected chi connectivity index (χ4v) is 2.30. The van der Waals surface area contributed by atoms with Gasteiger partial charge in [0.05, 0.1) is 5.69 Å². The van der Waals surface area contributed by atoms with Crippen LogP contribution in [0.15, 0.2) is 48.5 Å². The molecule has 102 valence electrons. The lowest BCUT2D eigenvalue weighted by molar-refractivity contribution is 0.807. The Morgan fingerprint density at radius 3 is 2.57 bits per heavy atom. The van der Waals surface area contributed by atoms with E-state index in [2.05, 4.69) is 16.4 Å². The predicted molar refractivity (Wildman–Crippen MR) is 81.3 cm³/mol. The summed E-state index contributed by atoms with van der Waals surface area (Å²) >= 11 is 5.91. The maximum atomic E-state index is 9.27. The number of aryl methyl sites for hydroxylation is 1. The van der Waals surface area contributed by atoms with E-state index in [1.54, 1.807) is 16.8 Å². The Kier molecular flexibility index (Phi) is 3.43. The topological polar surface area (TPSA) is 54.5 Å². The van der Waals surface area contributed by atoms with Gasteiger partial charge in [0.25, 0.3) is 0 Å². The normalized spacial score (nSPS) is 10.3. The summed E-state index contributed by atoms with van der Waals surface area (Å²) in [6.07, 6.45) is 0. The summed E-state index contributed by atoms with van der Waals surface area (Å²) in [6.45, 7) is 2.01. The van der Waals surface area contributed by atoms with Gasteiger partial charge in [0.15, 0.2) is 5.69 Å². The number of benzene rings is 2. The van der Waals surface area contributed by atoms with E-state index in [4.69, 9.17) is 11.6 Å². The molecule has 1 aromatic heterocycles. The van der Waals surface area contributed by atoms with Crippen LogP contribution < -0.4 is 0 Å². The minimum atomic E-state index is 0.301. The lowest BCUT2D eigenvalue weighted by atomic mass is 10.1. The first-order chi connectivity index (χ1) is 10.2. The Morgan fingerprint density at radius 1 is 1.14 bits per heavy atom. The molecule has 5 heteroatoms. The van der Waals surface area contributed by atoms with E-state index in [9.17, 15) is 5.26 Å². The second-order valence-corrected chi connectivity index (χ2v) is 5.09. The van der Waals surface area contributed by atoms with Gasteiger partial charge in [-0.3, -0.25) is 0 Å². The van der Waals surface area contributed by atoms with Crippen molar-refractivity contribution in [3.63, 3.8) is 0 Å². The minimum Gasteiger partial charge on any atom is -0.211 e. The van der Waals surface area contributed by atoms with Crippen LogP contribution in [-0.4, -0.2) is 15.0 Å². The molecule has 21 heavy (non-hydrogen) atoms. The molecule has 0 atom stereocenters. The van der Waals surface area contributed by atoms with E-state index >= 15 is 0 Å². The van der Waals surface area contributed by atoms with Gasteiger partial charge in [0.1, 0.15) is 11.8 Å². The molecule has 0 radical (unpaired) electrons. The summed E-state index contributed by atoms with van der Waals surface area (Å²) in [6, 6.07) is 17.3. The van der Waals surface area contributed by atoms with Crippen molar-refractivity contribution < 1.29 is 0 Å². The van der Waals surface area contributed by atoms with E-state index in [-0.39, 0.29) is 0 Å². The molecule has 0 spiro atoms. The second-order valence-electron chi connectivity index (χ2n) is 4.66. The number of rotatable bonds is 2. The van der Waals surface area contributed by atoms with Crippen LogP contribution in [0.25, 0.3) is 16.9 Å². The van der Waals surface area contributed by atoms with Gasteiger partial charge in [0, 0.05) is 10.6 Å². The molecule has 0 saturated heterocycles. The summed E-state index contributed by atoms with van der Waals surface area (Å²) in [7, 11) is 0. The average molecular weight is 295 g/mol. The van der Waals surface area contributed by atoms with Crippen molar-refractivity contribution in [1.82, 2.24) is 15.0 Å². The number of hydrogen-bond acceptors (Lipinski definition) is 3. The molecule has 0 aliphatic rings. The van der Waals surface area contributed by atoms with E-state index in [1.165, 1.54) is 0 Å². The van der Waals surface area contributed by atoms with Gasteiger partial charge in [-0.25, -0.2) is 4.68 Å². The Morgan fingerprint density at radius 2 is 1.90 bits per heavy atom. The smallest absolute Gasteiger partial charge is 0.191 e. The first-order valence-electron chi connectivity index (χ1n) is 6.38. The van der Waals surface area contributed by atoms with Crippen molar-refractivity contribution >= 4 is 11.6 Å². The molecule has 4 nitrogen and oxygen atoms in total. The lowest BCUT2D eigenvalue weighted by Gasteiger charge is -2.07. The standard InChI is InChI=1S/C16H11ClN4/c1-11-3-2-4-12(9-11)16-15(10-18)19-20-21(16)14-7-5-13(17)6-8-14/h2-9H,1H3.